The van der Waals surface area contributed by atoms with E-state index in [9.17, 15) is 0 Å². The summed E-state index contributed by atoms with van der Waals surface area (Å²) in [5.74, 6) is 1.31. The van der Waals surface area contributed by atoms with Crippen molar-refractivity contribution in [3.63, 3.8) is 0 Å². The monoisotopic (exact) mass is 258 g/mol. The van der Waals surface area contributed by atoms with Gasteiger partial charge in [-0.05, 0) is 44.7 Å². The summed E-state index contributed by atoms with van der Waals surface area (Å²) >= 11 is 0. The molecule has 2 N–H and O–H groups in total. The van der Waals surface area contributed by atoms with Gasteiger partial charge >= 0.3 is 0 Å². The zero-order valence-corrected chi connectivity index (χ0v) is 11.8. The predicted molar refractivity (Wildman–Crippen MR) is 78.0 cm³/mol. The molecule has 4 heteroatoms. The number of fused-ring (bicyclic) bond motifs is 1. The molecule has 2 heterocycles. The van der Waals surface area contributed by atoms with Gasteiger partial charge in [-0.3, -0.25) is 4.57 Å². The topological polar surface area (TPSA) is 56.7 Å². The van der Waals surface area contributed by atoms with E-state index < -0.39 is 0 Å². The molecule has 1 atom stereocenters. The molecule has 1 unspecified atom stereocenters. The third-order valence-corrected chi connectivity index (χ3v) is 4.44. The van der Waals surface area contributed by atoms with Gasteiger partial charge in [-0.1, -0.05) is 19.3 Å². The molecule has 1 saturated carbocycles. The van der Waals surface area contributed by atoms with Gasteiger partial charge in [0.15, 0.2) is 5.65 Å². The number of anilines is 1. The molecular formula is C15H22N4. The van der Waals surface area contributed by atoms with E-state index in [1.54, 1.807) is 0 Å². The Morgan fingerprint density at radius 2 is 1.95 bits per heavy atom. The third-order valence-electron chi connectivity index (χ3n) is 4.44. The zero-order valence-electron chi connectivity index (χ0n) is 11.8. The van der Waals surface area contributed by atoms with Gasteiger partial charge in [-0.2, -0.15) is 0 Å². The fourth-order valence-electron chi connectivity index (χ4n) is 3.31. The van der Waals surface area contributed by atoms with E-state index in [1.165, 1.54) is 32.1 Å². The smallest absolute Gasteiger partial charge is 0.202 e. The second-order valence-electron chi connectivity index (χ2n) is 5.77. The first kappa shape index (κ1) is 12.5. The third kappa shape index (κ3) is 2.20. The highest BCUT2D eigenvalue weighted by Crippen LogP contribution is 2.35. The number of rotatable bonds is 2. The van der Waals surface area contributed by atoms with Gasteiger partial charge in [0.25, 0.3) is 0 Å². The Balaban J connectivity index is 2.02. The summed E-state index contributed by atoms with van der Waals surface area (Å²) in [5.41, 5.74) is 8.99. The number of hydrogen-bond acceptors (Lipinski definition) is 3. The van der Waals surface area contributed by atoms with E-state index in [2.05, 4.69) is 21.5 Å². The molecule has 19 heavy (non-hydrogen) atoms. The van der Waals surface area contributed by atoms with Crippen molar-refractivity contribution in [3.05, 3.63) is 17.8 Å². The number of pyridine rings is 1. The maximum Gasteiger partial charge on any atom is 0.202 e. The van der Waals surface area contributed by atoms with Crippen LogP contribution in [0.4, 0.5) is 5.95 Å². The van der Waals surface area contributed by atoms with E-state index in [0.29, 0.717) is 17.9 Å². The molecule has 4 nitrogen and oxygen atoms in total. The minimum Gasteiger partial charge on any atom is -0.369 e. The normalized spacial score (nSPS) is 18.8. The van der Waals surface area contributed by atoms with Crippen molar-refractivity contribution < 1.29 is 0 Å². The van der Waals surface area contributed by atoms with Gasteiger partial charge in [-0.15, -0.1) is 0 Å². The van der Waals surface area contributed by atoms with Crippen molar-refractivity contribution in [3.8, 4) is 0 Å². The molecule has 2 aromatic rings. The highest BCUT2D eigenvalue weighted by atomic mass is 15.2. The van der Waals surface area contributed by atoms with Crippen LogP contribution in [0, 0.1) is 12.8 Å². The van der Waals surface area contributed by atoms with Crippen molar-refractivity contribution in [1.29, 1.82) is 0 Å². The maximum absolute atomic E-state index is 6.12. The van der Waals surface area contributed by atoms with Crippen LogP contribution in [0.5, 0.6) is 0 Å². The number of aromatic nitrogens is 3. The van der Waals surface area contributed by atoms with Crippen LogP contribution < -0.4 is 5.73 Å². The molecule has 3 rings (SSSR count). The molecule has 0 radical (unpaired) electrons. The van der Waals surface area contributed by atoms with E-state index in [4.69, 9.17) is 5.73 Å². The van der Waals surface area contributed by atoms with Gasteiger partial charge in [0, 0.05) is 11.7 Å². The standard InChI is InChI=1S/C15H22N4/c1-10-8-9-13-14(17-10)19(15(16)18-13)11(2)12-6-4-3-5-7-12/h8-9,11-12H,3-7H2,1-2H3,(H2,16,18). The van der Waals surface area contributed by atoms with E-state index in [-0.39, 0.29) is 0 Å². The Hall–Kier alpha value is -1.58. The summed E-state index contributed by atoms with van der Waals surface area (Å²) in [6.45, 7) is 4.27. The van der Waals surface area contributed by atoms with Crippen LogP contribution in [0.3, 0.4) is 0 Å². The van der Waals surface area contributed by atoms with Crippen molar-refractivity contribution in [2.24, 2.45) is 5.92 Å². The zero-order chi connectivity index (χ0) is 13.4. The second kappa shape index (κ2) is 4.83. The Bertz CT molecular complexity index is 581. The minimum atomic E-state index is 0.389. The molecule has 0 aromatic carbocycles. The van der Waals surface area contributed by atoms with Gasteiger partial charge < -0.3 is 5.73 Å². The van der Waals surface area contributed by atoms with Crippen LogP contribution in [0.1, 0.15) is 50.8 Å². The van der Waals surface area contributed by atoms with Crippen LogP contribution >= 0.6 is 0 Å². The lowest BCUT2D eigenvalue weighted by molar-refractivity contribution is 0.269. The molecule has 2 aromatic heterocycles. The summed E-state index contributed by atoms with van der Waals surface area (Å²) in [5, 5.41) is 0. The first-order valence-corrected chi connectivity index (χ1v) is 7.28. The summed E-state index contributed by atoms with van der Waals surface area (Å²) in [7, 11) is 0. The Kier molecular flexibility index (Phi) is 3.17. The first-order chi connectivity index (χ1) is 9.16. The van der Waals surface area contributed by atoms with E-state index >= 15 is 0 Å². The molecule has 0 saturated heterocycles. The number of nitrogen functional groups attached to an aromatic ring is 1. The molecule has 0 bridgehead atoms. The number of aryl methyl sites for hydroxylation is 1. The van der Waals surface area contributed by atoms with Gasteiger partial charge in [0.05, 0.1) is 0 Å². The average molecular weight is 258 g/mol. The fraction of sp³-hybridized carbons (Fsp3) is 0.600. The molecule has 1 aliphatic rings. The van der Waals surface area contributed by atoms with Crippen LogP contribution in [-0.4, -0.2) is 14.5 Å². The quantitative estimate of drug-likeness (QED) is 0.897. The summed E-state index contributed by atoms with van der Waals surface area (Å²) in [6, 6.07) is 4.39. The maximum atomic E-state index is 6.12. The molecule has 1 aliphatic carbocycles. The highest BCUT2D eigenvalue weighted by molar-refractivity contribution is 5.74. The lowest BCUT2D eigenvalue weighted by Crippen LogP contribution is -2.21. The Morgan fingerprint density at radius 3 is 2.68 bits per heavy atom. The van der Waals surface area contributed by atoms with Gasteiger partial charge in [0.2, 0.25) is 5.95 Å². The van der Waals surface area contributed by atoms with Crippen molar-refractivity contribution in [2.45, 2.75) is 52.0 Å². The molecular weight excluding hydrogens is 236 g/mol. The number of nitrogens with two attached hydrogens (primary N) is 1. The lowest BCUT2D eigenvalue weighted by atomic mass is 9.84. The average Bonchev–Trinajstić information content (AvgIpc) is 2.74. The van der Waals surface area contributed by atoms with E-state index in [0.717, 1.165) is 16.9 Å². The molecule has 102 valence electrons. The number of imidazole rings is 1. The SMILES string of the molecule is Cc1ccc2nc(N)n(C(C)C3CCCCC3)c2n1. The van der Waals surface area contributed by atoms with Gasteiger partial charge in [0.1, 0.15) is 5.52 Å². The molecule has 0 amide bonds. The molecule has 0 spiro atoms. The van der Waals surface area contributed by atoms with E-state index in [1.807, 2.05) is 19.1 Å². The van der Waals surface area contributed by atoms with Crippen LogP contribution in [0.2, 0.25) is 0 Å². The number of nitrogens with zero attached hydrogens (tertiary/aromatic N) is 3. The second-order valence-corrected chi connectivity index (χ2v) is 5.77. The van der Waals surface area contributed by atoms with Crippen LogP contribution in [0.25, 0.3) is 11.2 Å². The van der Waals surface area contributed by atoms with Crippen LogP contribution in [-0.2, 0) is 0 Å². The highest BCUT2D eigenvalue weighted by Gasteiger charge is 2.24. The first-order valence-electron chi connectivity index (χ1n) is 7.28. The van der Waals surface area contributed by atoms with Crippen LogP contribution in [0.15, 0.2) is 12.1 Å². The van der Waals surface area contributed by atoms with Crippen molar-refractivity contribution in [2.75, 3.05) is 5.73 Å². The number of hydrogen-bond donors (Lipinski definition) is 1. The van der Waals surface area contributed by atoms with Crippen molar-refractivity contribution >= 4 is 17.1 Å². The Morgan fingerprint density at radius 1 is 1.21 bits per heavy atom. The van der Waals surface area contributed by atoms with Crippen molar-refractivity contribution in [1.82, 2.24) is 14.5 Å². The summed E-state index contributed by atoms with van der Waals surface area (Å²) < 4.78 is 2.14. The lowest BCUT2D eigenvalue weighted by Gasteiger charge is -2.29. The summed E-state index contributed by atoms with van der Waals surface area (Å²) in [4.78, 5) is 9.08. The largest absolute Gasteiger partial charge is 0.369 e. The predicted octanol–water partition coefficient (Wildman–Crippen LogP) is 3.46. The molecule has 0 aliphatic heterocycles. The fourth-order valence-corrected chi connectivity index (χ4v) is 3.31. The Labute approximate surface area is 114 Å². The van der Waals surface area contributed by atoms with Gasteiger partial charge in [-0.25, -0.2) is 9.97 Å². The minimum absolute atomic E-state index is 0.389. The molecule has 1 fully saturated rings. The summed E-state index contributed by atoms with van der Waals surface area (Å²) in [6.07, 6.45) is 6.65.